The first kappa shape index (κ1) is 12.6. The van der Waals surface area contributed by atoms with E-state index in [2.05, 4.69) is 10.4 Å². The zero-order valence-corrected chi connectivity index (χ0v) is 9.38. The van der Waals surface area contributed by atoms with Gasteiger partial charge >= 0.3 is 6.18 Å². The van der Waals surface area contributed by atoms with Crippen molar-refractivity contribution >= 4 is 5.82 Å². The number of hydrogen-bond donors (Lipinski definition) is 2. The molecule has 0 fully saturated rings. The minimum Gasteiger partial charge on any atom is -0.307 e. The van der Waals surface area contributed by atoms with E-state index >= 15 is 0 Å². The van der Waals surface area contributed by atoms with Crippen LogP contribution >= 0.6 is 0 Å². The van der Waals surface area contributed by atoms with E-state index in [4.69, 9.17) is 11.1 Å². The Morgan fingerprint density at radius 3 is 2.78 bits per heavy atom. The second-order valence-corrected chi connectivity index (χ2v) is 4.23. The molecule has 1 heterocycles. The van der Waals surface area contributed by atoms with Crippen LogP contribution in [0.2, 0.25) is 0 Å². The molecule has 18 heavy (non-hydrogen) atoms. The minimum absolute atomic E-state index is 0.0272. The van der Waals surface area contributed by atoms with Crippen LogP contribution in [0.4, 0.5) is 19.0 Å². The number of fused-ring (bicyclic) bond motifs is 1. The lowest BCUT2D eigenvalue weighted by Crippen LogP contribution is -2.29. The number of aryl methyl sites for hydroxylation is 1. The highest BCUT2D eigenvalue weighted by Gasteiger charge is 2.41. The molecule has 0 aliphatic heterocycles. The van der Waals surface area contributed by atoms with E-state index in [0.717, 1.165) is 0 Å². The molecule has 0 radical (unpaired) electrons. The molecule has 1 aliphatic rings. The summed E-state index contributed by atoms with van der Waals surface area (Å²) in [6.45, 7) is 0. The summed E-state index contributed by atoms with van der Waals surface area (Å²) >= 11 is 0. The van der Waals surface area contributed by atoms with E-state index < -0.39 is 12.1 Å². The second-order valence-electron chi connectivity index (χ2n) is 4.23. The average Bonchev–Trinajstić information content (AvgIpc) is 2.35. The fourth-order valence-electron chi connectivity index (χ4n) is 2.14. The number of aromatic nitrogens is 1. The largest absolute Gasteiger partial charge is 0.392 e. The number of nitrogen functional groups attached to an aromatic ring is 1. The van der Waals surface area contributed by atoms with Gasteiger partial charge < -0.3 is 5.43 Å². The number of nitrogens with two attached hydrogens (primary N) is 1. The van der Waals surface area contributed by atoms with Crippen molar-refractivity contribution < 1.29 is 13.2 Å². The molecule has 0 saturated carbocycles. The Hall–Kier alpha value is -1.81. The third-order valence-corrected chi connectivity index (χ3v) is 3.11. The van der Waals surface area contributed by atoms with Gasteiger partial charge in [-0.05, 0) is 30.9 Å². The highest BCUT2D eigenvalue weighted by atomic mass is 19.4. The number of alkyl halides is 3. The lowest BCUT2D eigenvalue weighted by Gasteiger charge is -2.26. The molecule has 0 saturated heterocycles. The zero-order chi connectivity index (χ0) is 13.3. The van der Waals surface area contributed by atoms with Crippen LogP contribution in [-0.2, 0) is 12.8 Å². The van der Waals surface area contributed by atoms with Crippen molar-refractivity contribution in [2.75, 3.05) is 5.43 Å². The quantitative estimate of drug-likeness (QED) is 0.594. The van der Waals surface area contributed by atoms with Crippen LogP contribution in [0.15, 0.2) is 6.07 Å². The number of pyridine rings is 1. The number of nitriles is 1. The summed E-state index contributed by atoms with van der Waals surface area (Å²) in [6.07, 6.45) is -4.04. The molecule has 0 spiro atoms. The van der Waals surface area contributed by atoms with E-state index in [1.165, 1.54) is 6.07 Å². The Labute approximate surface area is 102 Å². The number of halogens is 3. The molecule has 4 nitrogen and oxygen atoms in total. The van der Waals surface area contributed by atoms with Gasteiger partial charge in [0.2, 0.25) is 0 Å². The Bertz CT molecular complexity index is 504. The van der Waals surface area contributed by atoms with Gasteiger partial charge in [-0.3, -0.25) is 0 Å². The monoisotopic (exact) mass is 256 g/mol. The van der Waals surface area contributed by atoms with Crippen LogP contribution in [-0.4, -0.2) is 11.2 Å². The molecule has 1 aromatic heterocycles. The van der Waals surface area contributed by atoms with Crippen LogP contribution < -0.4 is 11.3 Å². The van der Waals surface area contributed by atoms with Gasteiger partial charge in [-0.2, -0.15) is 18.4 Å². The van der Waals surface area contributed by atoms with Gasteiger partial charge in [-0.15, -0.1) is 0 Å². The van der Waals surface area contributed by atoms with Crippen LogP contribution in [0.25, 0.3) is 0 Å². The third kappa shape index (κ3) is 2.24. The molecule has 3 N–H and O–H groups in total. The first-order valence-electron chi connectivity index (χ1n) is 5.42. The van der Waals surface area contributed by atoms with Crippen molar-refractivity contribution in [1.82, 2.24) is 4.98 Å². The van der Waals surface area contributed by atoms with Crippen molar-refractivity contribution in [3.05, 3.63) is 22.9 Å². The molecule has 1 aliphatic carbocycles. The molecule has 7 heteroatoms. The maximum Gasteiger partial charge on any atom is 0.392 e. The topological polar surface area (TPSA) is 74.7 Å². The Balaban J connectivity index is 2.36. The lowest BCUT2D eigenvalue weighted by atomic mass is 9.85. The average molecular weight is 256 g/mol. The maximum absolute atomic E-state index is 12.6. The van der Waals surface area contributed by atoms with Gasteiger partial charge in [0, 0.05) is 5.69 Å². The van der Waals surface area contributed by atoms with Gasteiger partial charge in [0.15, 0.2) is 5.82 Å². The summed E-state index contributed by atoms with van der Waals surface area (Å²) in [5.74, 6) is 4.07. The predicted molar refractivity (Wildman–Crippen MR) is 58.3 cm³/mol. The number of nitrogens with zero attached hydrogens (tertiary/aromatic N) is 2. The van der Waals surface area contributed by atoms with E-state index in [9.17, 15) is 13.2 Å². The lowest BCUT2D eigenvalue weighted by molar-refractivity contribution is -0.177. The van der Waals surface area contributed by atoms with E-state index in [-0.39, 0.29) is 30.6 Å². The molecule has 0 aromatic carbocycles. The second kappa shape index (κ2) is 4.46. The first-order chi connectivity index (χ1) is 8.45. The van der Waals surface area contributed by atoms with Crippen molar-refractivity contribution in [3.63, 3.8) is 0 Å². The fraction of sp³-hybridized carbons (Fsp3) is 0.455. The van der Waals surface area contributed by atoms with E-state index in [0.29, 0.717) is 11.3 Å². The Kier molecular flexibility index (Phi) is 3.13. The van der Waals surface area contributed by atoms with Crippen molar-refractivity contribution in [2.45, 2.75) is 25.4 Å². The minimum atomic E-state index is -4.20. The SMILES string of the molecule is N#Cc1cc2c(nc1NN)CCC(C(F)(F)F)C2. The number of anilines is 1. The van der Waals surface area contributed by atoms with Gasteiger partial charge in [-0.1, -0.05) is 0 Å². The van der Waals surface area contributed by atoms with Crippen LogP contribution in [0, 0.1) is 17.2 Å². The van der Waals surface area contributed by atoms with Crippen molar-refractivity contribution in [2.24, 2.45) is 11.8 Å². The maximum atomic E-state index is 12.6. The van der Waals surface area contributed by atoms with Crippen LogP contribution in [0.5, 0.6) is 0 Å². The number of rotatable bonds is 1. The standard InChI is InChI=1S/C11H11F3N4/c12-11(13,14)8-1-2-9-6(4-8)3-7(5-15)10(17-9)18-16/h3,8H,1-2,4,16H2,(H,17,18). The molecule has 0 bridgehead atoms. The van der Waals surface area contributed by atoms with Crippen molar-refractivity contribution in [1.29, 1.82) is 5.26 Å². The summed E-state index contributed by atoms with van der Waals surface area (Å²) in [4.78, 5) is 4.09. The number of hydrogen-bond acceptors (Lipinski definition) is 4. The predicted octanol–water partition coefficient (Wildman–Crippen LogP) is 1.91. The van der Waals surface area contributed by atoms with Crippen LogP contribution in [0.1, 0.15) is 23.2 Å². The van der Waals surface area contributed by atoms with Gasteiger partial charge in [0.05, 0.1) is 11.5 Å². The Morgan fingerprint density at radius 1 is 1.50 bits per heavy atom. The zero-order valence-electron chi connectivity index (χ0n) is 9.38. The molecule has 1 aromatic rings. The molecule has 2 rings (SSSR count). The summed E-state index contributed by atoms with van der Waals surface area (Å²) in [7, 11) is 0. The van der Waals surface area contributed by atoms with Crippen LogP contribution in [0.3, 0.4) is 0 Å². The summed E-state index contributed by atoms with van der Waals surface area (Å²) < 4.78 is 37.9. The molecule has 1 unspecified atom stereocenters. The molecule has 96 valence electrons. The third-order valence-electron chi connectivity index (χ3n) is 3.11. The smallest absolute Gasteiger partial charge is 0.307 e. The number of nitrogens with one attached hydrogen (secondary N) is 1. The van der Waals surface area contributed by atoms with Gasteiger partial charge in [-0.25, -0.2) is 10.8 Å². The molecule has 1 atom stereocenters. The normalized spacial score (nSPS) is 18.9. The van der Waals surface area contributed by atoms with Gasteiger partial charge in [0.25, 0.3) is 0 Å². The molecular weight excluding hydrogens is 245 g/mol. The van der Waals surface area contributed by atoms with Crippen molar-refractivity contribution in [3.8, 4) is 6.07 Å². The summed E-state index contributed by atoms with van der Waals surface area (Å²) in [5, 5.41) is 8.87. The molecular formula is C11H11F3N4. The highest BCUT2D eigenvalue weighted by Crippen LogP contribution is 2.37. The highest BCUT2D eigenvalue weighted by molar-refractivity contribution is 5.54. The molecule has 0 amide bonds. The van der Waals surface area contributed by atoms with E-state index in [1.54, 1.807) is 0 Å². The summed E-state index contributed by atoms with van der Waals surface area (Å²) in [6, 6.07) is 3.30. The summed E-state index contributed by atoms with van der Waals surface area (Å²) in [5.41, 5.74) is 3.52. The van der Waals surface area contributed by atoms with E-state index in [1.807, 2.05) is 6.07 Å². The Morgan fingerprint density at radius 2 is 2.22 bits per heavy atom. The number of hydrazine groups is 1. The first-order valence-corrected chi connectivity index (χ1v) is 5.42. The van der Waals surface area contributed by atoms with Gasteiger partial charge in [0.1, 0.15) is 6.07 Å². The fourth-order valence-corrected chi connectivity index (χ4v) is 2.14.